The second kappa shape index (κ2) is 6.83. The molecule has 0 saturated heterocycles. The maximum absolute atomic E-state index is 11.1. The van der Waals surface area contributed by atoms with Gasteiger partial charge >= 0.3 is 0 Å². The van der Waals surface area contributed by atoms with Crippen LogP contribution in [0.4, 0.5) is 0 Å². The molecule has 1 unspecified atom stereocenters. The summed E-state index contributed by atoms with van der Waals surface area (Å²) < 4.78 is 28.0. The molecule has 7 heteroatoms. The fraction of sp³-hybridized carbons (Fsp3) is 0.467. The molecule has 0 amide bonds. The van der Waals surface area contributed by atoms with Crippen molar-refractivity contribution in [1.82, 2.24) is 10.2 Å². The van der Waals surface area contributed by atoms with E-state index in [9.17, 15) is 8.42 Å². The molecule has 120 valence electrons. The van der Waals surface area contributed by atoms with Crippen LogP contribution in [0, 0.1) is 13.8 Å². The van der Waals surface area contributed by atoms with Crippen molar-refractivity contribution in [2.75, 3.05) is 17.8 Å². The maximum Gasteiger partial charge on any atom is 0.247 e. The summed E-state index contributed by atoms with van der Waals surface area (Å²) in [7, 11) is -2.94. The van der Waals surface area contributed by atoms with Crippen molar-refractivity contribution in [2.24, 2.45) is 0 Å². The Labute approximate surface area is 135 Å². The van der Waals surface area contributed by atoms with Crippen LogP contribution < -0.4 is 0 Å². The average molecular weight is 340 g/mol. The lowest BCUT2D eigenvalue weighted by Gasteiger charge is -2.05. The summed E-state index contributed by atoms with van der Waals surface area (Å²) in [6.45, 7) is 6.03. The molecule has 5 nitrogen and oxygen atoms in total. The molecular weight excluding hydrogens is 320 g/mol. The van der Waals surface area contributed by atoms with E-state index >= 15 is 0 Å². The van der Waals surface area contributed by atoms with Crippen molar-refractivity contribution in [3.8, 4) is 11.5 Å². The smallest absolute Gasteiger partial charge is 0.247 e. The molecule has 0 radical (unpaired) electrons. The molecule has 0 aliphatic heterocycles. The van der Waals surface area contributed by atoms with E-state index in [4.69, 9.17) is 4.42 Å². The summed E-state index contributed by atoms with van der Waals surface area (Å²) in [5.41, 5.74) is 3.29. The van der Waals surface area contributed by atoms with Gasteiger partial charge in [-0.15, -0.1) is 22.0 Å². The van der Waals surface area contributed by atoms with E-state index < -0.39 is 9.84 Å². The van der Waals surface area contributed by atoms with Crippen LogP contribution in [0.5, 0.6) is 0 Å². The van der Waals surface area contributed by atoms with E-state index in [2.05, 4.69) is 17.1 Å². The largest absolute Gasteiger partial charge is 0.420 e. The highest BCUT2D eigenvalue weighted by Gasteiger charge is 2.16. The fourth-order valence-corrected chi connectivity index (χ4v) is 4.02. The Bertz CT molecular complexity index is 754. The van der Waals surface area contributed by atoms with E-state index in [0.717, 1.165) is 5.56 Å². The van der Waals surface area contributed by atoms with Crippen molar-refractivity contribution in [3.63, 3.8) is 0 Å². The van der Waals surface area contributed by atoms with E-state index in [0.29, 0.717) is 17.5 Å². The Morgan fingerprint density at radius 2 is 1.95 bits per heavy atom. The van der Waals surface area contributed by atoms with Crippen LogP contribution in [0.3, 0.4) is 0 Å². The predicted molar refractivity (Wildman–Crippen MR) is 89.8 cm³/mol. The average Bonchev–Trinajstić information content (AvgIpc) is 2.90. The fourth-order valence-electron chi connectivity index (χ4n) is 1.84. The molecule has 2 rings (SSSR count). The summed E-state index contributed by atoms with van der Waals surface area (Å²) in [6, 6.07) is 6.01. The zero-order valence-corrected chi connectivity index (χ0v) is 14.8. The molecule has 2 aromatic rings. The summed E-state index contributed by atoms with van der Waals surface area (Å²) in [6.07, 6.45) is 1.24. The van der Waals surface area contributed by atoms with Crippen LogP contribution in [-0.4, -0.2) is 36.4 Å². The number of benzene rings is 1. The number of aryl methyl sites for hydroxylation is 2. The van der Waals surface area contributed by atoms with Crippen LogP contribution in [0.2, 0.25) is 0 Å². The summed E-state index contributed by atoms with van der Waals surface area (Å²) in [5, 5.41) is 8.13. The molecule has 0 fully saturated rings. The Hall–Kier alpha value is -1.34. The van der Waals surface area contributed by atoms with Gasteiger partial charge in [-0.05, 0) is 44.0 Å². The first-order valence-corrected chi connectivity index (χ1v) is 10.1. The second-order valence-electron chi connectivity index (χ2n) is 5.39. The van der Waals surface area contributed by atoms with Crippen molar-refractivity contribution in [1.29, 1.82) is 0 Å². The predicted octanol–water partition coefficient (Wildman–Crippen LogP) is 3.19. The van der Waals surface area contributed by atoms with Crippen LogP contribution >= 0.6 is 11.8 Å². The van der Waals surface area contributed by atoms with Gasteiger partial charge in [0.1, 0.15) is 9.84 Å². The summed E-state index contributed by atoms with van der Waals surface area (Å²) >= 11 is 1.50. The van der Waals surface area contributed by atoms with Gasteiger partial charge in [0.2, 0.25) is 11.8 Å². The lowest BCUT2D eigenvalue weighted by Crippen LogP contribution is -2.06. The van der Waals surface area contributed by atoms with Gasteiger partial charge in [0.25, 0.3) is 0 Å². The Morgan fingerprint density at radius 3 is 2.59 bits per heavy atom. The van der Waals surface area contributed by atoms with Crippen molar-refractivity contribution in [3.05, 3.63) is 35.2 Å². The highest BCUT2D eigenvalue weighted by molar-refractivity contribution is 8.00. The first kappa shape index (κ1) is 17.0. The van der Waals surface area contributed by atoms with E-state index in [1.54, 1.807) is 0 Å². The zero-order valence-electron chi connectivity index (χ0n) is 13.2. The minimum absolute atomic E-state index is 0.0328. The first-order valence-electron chi connectivity index (χ1n) is 6.96. The molecule has 0 bridgehead atoms. The topological polar surface area (TPSA) is 73.1 Å². The monoisotopic (exact) mass is 340 g/mol. The van der Waals surface area contributed by atoms with Gasteiger partial charge in [-0.2, -0.15) is 0 Å². The van der Waals surface area contributed by atoms with Gasteiger partial charge < -0.3 is 4.42 Å². The van der Waals surface area contributed by atoms with E-state index in [-0.39, 0.29) is 11.0 Å². The van der Waals surface area contributed by atoms with Crippen LogP contribution in [-0.2, 0) is 9.84 Å². The number of rotatable bonds is 6. The van der Waals surface area contributed by atoms with Gasteiger partial charge in [0.05, 0.1) is 11.0 Å². The number of sulfone groups is 1. The molecule has 22 heavy (non-hydrogen) atoms. The Balaban J connectivity index is 2.05. The third-order valence-electron chi connectivity index (χ3n) is 3.36. The van der Waals surface area contributed by atoms with Gasteiger partial charge in [0, 0.05) is 17.6 Å². The number of nitrogens with zero attached hydrogens (tertiary/aromatic N) is 2. The van der Waals surface area contributed by atoms with Crippen LogP contribution in [0.15, 0.2) is 22.6 Å². The lowest BCUT2D eigenvalue weighted by atomic mass is 10.1. The van der Waals surface area contributed by atoms with Gasteiger partial charge in [-0.3, -0.25) is 0 Å². The number of hydrogen-bond donors (Lipinski definition) is 0. The molecule has 0 saturated carbocycles. The van der Waals surface area contributed by atoms with E-state index in [1.807, 2.05) is 32.0 Å². The molecule has 1 aromatic carbocycles. The first-order chi connectivity index (χ1) is 10.3. The minimum atomic E-state index is -2.94. The molecule has 1 heterocycles. The quantitative estimate of drug-likeness (QED) is 0.804. The number of hydrogen-bond acceptors (Lipinski definition) is 6. The molecule has 0 spiro atoms. The molecule has 1 aromatic heterocycles. The van der Waals surface area contributed by atoms with Crippen molar-refractivity contribution < 1.29 is 12.8 Å². The van der Waals surface area contributed by atoms with Crippen molar-refractivity contribution in [2.45, 2.75) is 26.0 Å². The molecule has 0 aliphatic carbocycles. The van der Waals surface area contributed by atoms with Gasteiger partial charge in [-0.25, -0.2) is 8.42 Å². The second-order valence-corrected chi connectivity index (χ2v) is 9.10. The Morgan fingerprint density at radius 1 is 1.23 bits per heavy atom. The third-order valence-corrected chi connectivity index (χ3v) is 5.71. The third kappa shape index (κ3) is 4.58. The number of aromatic nitrogens is 2. The normalized spacial score (nSPS) is 13.3. The van der Waals surface area contributed by atoms with Gasteiger partial charge in [-0.1, -0.05) is 6.07 Å². The zero-order chi connectivity index (χ0) is 16.3. The highest BCUT2D eigenvalue weighted by atomic mass is 32.2. The Kier molecular flexibility index (Phi) is 5.28. The highest BCUT2D eigenvalue weighted by Crippen LogP contribution is 2.29. The lowest BCUT2D eigenvalue weighted by molar-refractivity contribution is 0.509. The molecular formula is C15H20N2O3S2. The maximum atomic E-state index is 11.1. The molecule has 0 aliphatic rings. The van der Waals surface area contributed by atoms with E-state index in [1.165, 1.54) is 29.1 Å². The SMILES string of the molecule is Cc1ccc(-c2nnc(C(C)SCCS(C)(=O)=O)o2)cc1C. The summed E-state index contributed by atoms with van der Waals surface area (Å²) in [4.78, 5) is 0. The number of thioether (sulfide) groups is 1. The minimum Gasteiger partial charge on any atom is -0.420 e. The van der Waals surface area contributed by atoms with Crippen molar-refractivity contribution >= 4 is 21.6 Å². The van der Waals surface area contributed by atoms with Gasteiger partial charge in [0.15, 0.2) is 0 Å². The standard InChI is InChI=1S/C15H20N2O3S2/c1-10-5-6-13(9-11(10)2)15-17-16-14(20-15)12(3)21-7-8-22(4,18)19/h5-6,9,12H,7-8H2,1-4H3. The summed E-state index contributed by atoms with van der Waals surface area (Å²) in [5.74, 6) is 1.68. The molecule has 1 atom stereocenters. The van der Waals surface area contributed by atoms with Crippen LogP contribution in [0.1, 0.15) is 29.2 Å². The van der Waals surface area contributed by atoms with Crippen LogP contribution in [0.25, 0.3) is 11.5 Å². The molecule has 0 N–H and O–H groups in total.